The minimum atomic E-state index is -4.56. The topological polar surface area (TPSA) is 64.1 Å². The number of aromatic nitrogens is 1. The van der Waals surface area contributed by atoms with Gasteiger partial charge < -0.3 is 4.42 Å². The molecule has 0 unspecified atom stereocenters. The molecule has 1 aromatic heterocycles. The zero-order valence-corrected chi connectivity index (χ0v) is 8.36. The second-order valence-corrected chi connectivity index (χ2v) is 3.40. The zero-order valence-electron chi connectivity index (χ0n) is 7.60. The molecule has 4 nitrogen and oxygen atoms in total. The van der Waals surface area contributed by atoms with E-state index in [0.29, 0.717) is 0 Å². The number of nitrogens with two attached hydrogens (primary N) is 1. The Morgan fingerprint density at radius 3 is 2.62 bits per heavy atom. The third kappa shape index (κ3) is 1.79. The second-order valence-electron chi connectivity index (χ2n) is 2.96. The van der Waals surface area contributed by atoms with Gasteiger partial charge in [0, 0.05) is 5.02 Å². The van der Waals surface area contributed by atoms with Gasteiger partial charge in [-0.3, -0.25) is 5.43 Å². The predicted molar refractivity (Wildman–Crippen MR) is 51.8 cm³/mol. The van der Waals surface area contributed by atoms with Crippen LogP contribution in [0.3, 0.4) is 0 Å². The van der Waals surface area contributed by atoms with Crippen LogP contribution in [0.25, 0.3) is 11.1 Å². The van der Waals surface area contributed by atoms with Crippen LogP contribution in [0.1, 0.15) is 5.56 Å². The number of hydrazine groups is 1. The molecule has 0 atom stereocenters. The number of benzene rings is 1. The number of halogens is 4. The summed E-state index contributed by atoms with van der Waals surface area (Å²) >= 11 is 5.55. The van der Waals surface area contributed by atoms with Crippen LogP contribution < -0.4 is 11.3 Å². The van der Waals surface area contributed by atoms with Crippen molar-refractivity contribution in [3.8, 4) is 0 Å². The number of hydrogen-bond acceptors (Lipinski definition) is 4. The minimum Gasteiger partial charge on any atom is -0.422 e. The molecule has 0 aliphatic rings. The number of anilines is 1. The molecule has 1 heterocycles. The summed E-state index contributed by atoms with van der Waals surface area (Å²) in [5.74, 6) is 4.99. The summed E-state index contributed by atoms with van der Waals surface area (Å²) in [4.78, 5) is 3.68. The Bertz CT molecular complexity index is 537. The normalized spacial score (nSPS) is 12.1. The summed E-state index contributed by atoms with van der Waals surface area (Å²) in [5.41, 5.74) is 0.639. The van der Waals surface area contributed by atoms with Gasteiger partial charge in [-0.25, -0.2) is 5.84 Å². The van der Waals surface area contributed by atoms with Crippen molar-refractivity contribution in [2.45, 2.75) is 6.18 Å². The summed E-state index contributed by atoms with van der Waals surface area (Å²) in [7, 11) is 0. The Kier molecular flexibility index (Phi) is 2.43. The largest absolute Gasteiger partial charge is 0.422 e. The molecule has 2 rings (SSSR count). The van der Waals surface area contributed by atoms with E-state index in [1.165, 1.54) is 6.07 Å². The maximum absolute atomic E-state index is 12.6. The minimum absolute atomic E-state index is 0.00669. The van der Waals surface area contributed by atoms with Crippen molar-refractivity contribution in [2.24, 2.45) is 5.84 Å². The number of fused-ring (bicyclic) bond motifs is 1. The second kappa shape index (κ2) is 3.53. The Morgan fingerprint density at radius 2 is 2.06 bits per heavy atom. The number of oxazole rings is 1. The SMILES string of the molecule is NNc1nc2cc(Cl)cc(C(F)(F)F)c2o1. The van der Waals surface area contributed by atoms with Gasteiger partial charge >= 0.3 is 12.2 Å². The molecule has 0 radical (unpaired) electrons. The van der Waals surface area contributed by atoms with Crippen LogP contribution in [0.5, 0.6) is 0 Å². The van der Waals surface area contributed by atoms with Gasteiger partial charge in [0.1, 0.15) is 11.1 Å². The number of nitrogens with one attached hydrogen (secondary N) is 1. The summed E-state index contributed by atoms with van der Waals surface area (Å²) in [6.45, 7) is 0. The fourth-order valence-electron chi connectivity index (χ4n) is 1.27. The lowest BCUT2D eigenvalue weighted by molar-refractivity contribution is -0.136. The highest BCUT2D eigenvalue weighted by Crippen LogP contribution is 2.37. The van der Waals surface area contributed by atoms with Gasteiger partial charge in [-0.2, -0.15) is 18.2 Å². The third-order valence-electron chi connectivity index (χ3n) is 1.88. The Hall–Kier alpha value is -1.47. The molecule has 0 amide bonds. The standard InChI is InChI=1S/C8H5ClF3N3O/c9-3-1-4(8(10,11)12)6-5(2-3)14-7(15-13)16-6/h1-2H,13H2,(H,14,15). The lowest BCUT2D eigenvalue weighted by atomic mass is 10.2. The molecule has 16 heavy (non-hydrogen) atoms. The smallest absolute Gasteiger partial charge is 0.420 e. The fourth-order valence-corrected chi connectivity index (χ4v) is 1.48. The van der Waals surface area contributed by atoms with Crippen LogP contribution in [0.4, 0.5) is 19.2 Å². The molecule has 0 spiro atoms. The van der Waals surface area contributed by atoms with Gasteiger partial charge in [0.25, 0.3) is 0 Å². The molecular formula is C8H5ClF3N3O. The van der Waals surface area contributed by atoms with Gasteiger partial charge in [0.2, 0.25) is 0 Å². The average Bonchev–Trinajstić information content (AvgIpc) is 2.57. The van der Waals surface area contributed by atoms with Crippen molar-refractivity contribution in [3.05, 3.63) is 22.7 Å². The molecule has 1 aromatic carbocycles. The van der Waals surface area contributed by atoms with Crippen LogP contribution in [-0.2, 0) is 6.18 Å². The maximum Gasteiger partial charge on any atom is 0.420 e. The van der Waals surface area contributed by atoms with Crippen LogP contribution in [0.2, 0.25) is 5.02 Å². The van der Waals surface area contributed by atoms with E-state index in [4.69, 9.17) is 21.9 Å². The fraction of sp³-hybridized carbons (Fsp3) is 0.125. The van der Waals surface area contributed by atoms with E-state index >= 15 is 0 Å². The monoisotopic (exact) mass is 251 g/mol. The zero-order chi connectivity index (χ0) is 11.9. The van der Waals surface area contributed by atoms with Gasteiger partial charge in [0.05, 0.1) is 0 Å². The first-order valence-corrected chi connectivity index (χ1v) is 4.43. The van der Waals surface area contributed by atoms with E-state index in [2.05, 4.69) is 4.98 Å². The van der Waals surface area contributed by atoms with E-state index < -0.39 is 17.3 Å². The summed E-state index contributed by atoms with van der Waals surface area (Å²) < 4.78 is 42.6. The van der Waals surface area contributed by atoms with Gasteiger partial charge in [-0.05, 0) is 12.1 Å². The average molecular weight is 252 g/mol. The van der Waals surface area contributed by atoms with Crippen LogP contribution >= 0.6 is 11.6 Å². The molecule has 0 bridgehead atoms. The molecule has 0 aliphatic carbocycles. The van der Waals surface area contributed by atoms with E-state index in [9.17, 15) is 13.2 Å². The highest BCUT2D eigenvalue weighted by molar-refractivity contribution is 6.31. The van der Waals surface area contributed by atoms with E-state index in [1.807, 2.05) is 5.43 Å². The lowest BCUT2D eigenvalue weighted by Gasteiger charge is -2.06. The Labute approximate surface area is 92.2 Å². The first kappa shape index (κ1) is 11.0. The molecule has 0 aliphatic heterocycles. The van der Waals surface area contributed by atoms with Crippen molar-refractivity contribution >= 4 is 28.7 Å². The van der Waals surface area contributed by atoms with E-state index in [0.717, 1.165) is 6.07 Å². The summed E-state index contributed by atoms with van der Waals surface area (Å²) in [6.07, 6.45) is -4.56. The van der Waals surface area contributed by atoms with Gasteiger partial charge in [0.15, 0.2) is 5.58 Å². The highest BCUT2D eigenvalue weighted by atomic mass is 35.5. The highest BCUT2D eigenvalue weighted by Gasteiger charge is 2.35. The third-order valence-corrected chi connectivity index (χ3v) is 2.10. The molecule has 0 saturated carbocycles. The molecule has 3 N–H and O–H groups in total. The number of hydrogen-bond donors (Lipinski definition) is 2. The number of rotatable bonds is 1. The van der Waals surface area contributed by atoms with Crippen molar-refractivity contribution in [1.82, 2.24) is 4.98 Å². The number of alkyl halides is 3. The van der Waals surface area contributed by atoms with E-state index in [-0.39, 0.29) is 16.6 Å². The lowest BCUT2D eigenvalue weighted by Crippen LogP contribution is -2.06. The van der Waals surface area contributed by atoms with Crippen LogP contribution in [-0.4, -0.2) is 4.98 Å². The Morgan fingerprint density at radius 1 is 1.38 bits per heavy atom. The molecule has 0 saturated heterocycles. The molecule has 0 fully saturated rings. The van der Waals surface area contributed by atoms with Crippen LogP contribution in [0.15, 0.2) is 16.5 Å². The Balaban J connectivity index is 2.76. The number of nitrogen functional groups attached to an aromatic ring is 1. The number of nitrogens with zero attached hydrogens (tertiary/aromatic N) is 1. The maximum atomic E-state index is 12.6. The molecule has 8 heteroatoms. The van der Waals surface area contributed by atoms with Crippen molar-refractivity contribution in [3.63, 3.8) is 0 Å². The molecular weight excluding hydrogens is 247 g/mol. The summed E-state index contributed by atoms with van der Waals surface area (Å²) in [5, 5.41) is -0.0725. The van der Waals surface area contributed by atoms with Crippen LogP contribution in [0, 0.1) is 0 Å². The predicted octanol–water partition coefficient (Wildman–Crippen LogP) is 2.79. The summed E-state index contributed by atoms with van der Waals surface area (Å²) in [6, 6.07) is 1.83. The van der Waals surface area contributed by atoms with Gasteiger partial charge in [-0.1, -0.05) is 11.6 Å². The first-order chi connectivity index (χ1) is 7.41. The molecule has 86 valence electrons. The van der Waals surface area contributed by atoms with Crippen molar-refractivity contribution < 1.29 is 17.6 Å². The first-order valence-electron chi connectivity index (χ1n) is 4.05. The van der Waals surface area contributed by atoms with Gasteiger partial charge in [-0.15, -0.1) is 0 Å². The molecule has 2 aromatic rings. The van der Waals surface area contributed by atoms with E-state index in [1.54, 1.807) is 0 Å². The van der Waals surface area contributed by atoms with Crippen molar-refractivity contribution in [2.75, 3.05) is 5.43 Å². The quantitative estimate of drug-likeness (QED) is 0.604. The van der Waals surface area contributed by atoms with Crippen molar-refractivity contribution in [1.29, 1.82) is 0 Å².